The highest BCUT2D eigenvalue weighted by atomic mass is 32.2. The van der Waals surface area contributed by atoms with Gasteiger partial charge in [-0.1, -0.05) is 6.92 Å². The van der Waals surface area contributed by atoms with Crippen LogP contribution >= 0.6 is 0 Å². The van der Waals surface area contributed by atoms with E-state index in [0.29, 0.717) is 43.7 Å². The monoisotopic (exact) mass is 337 g/mol. The van der Waals surface area contributed by atoms with Gasteiger partial charge in [-0.3, -0.25) is 4.79 Å². The fraction of sp³-hybridized carbons (Fsp3) is 0.467. The number of rotatable bonds is 4. The van der Waals surface area contributed by atoms with E-state index in [9.17, 15) is 13.2 Å². The first-order valence-corrected chi connectivity index (χ1v) is 9.07. The first kappa shape index (κ1) is 15.9. The molecule has 1 saturated heterocycles. The Hall–Kier alpha value is -1.93. The minimum Gasteiger partial charge on any atom is -0.443 e. The van der Waals surface area contributed by atoms with E-state index in [1.54, 1.807) is 11.0 Å². The number of amides is 1. The maximum atomic E-state index is 12.7. The van der Waals surface area contributed by atoms with Crippen molar-refractivity contribution in [2.45, 2.75) is 24.7 Å². The molecule has 7 nitrogen and oxygen atoms in total. The van der Waals surface area contributed by atoms with Gasteiger partial charge < -0.3 is 9.32 Å². The number of hydrogen-bond donors (Lipinski definition) is 0. The SMILES string of the molecule is CCCC(=O)N1CCN(S(=O)(=O)c2ccc3ncoc3c2)CC1. The number of aromatic nitrogens is 1. The third-order valence-electron chi connectivity index (χ3n) is 4.00. The molecule has 2 aromatic rings. The van der Waals surface area contributed by atoms with Gasteiger partial charge in [-0.05, 0) is 18.6 Å². The molecule has 1 aliphatic heterocycles. The number of sulfonamides is 1. The Morgan fingerprint density at radius 1 is 1.26 bits per heavy atom. The molecule has 1 aliphatic rings. The van der Waals surface area contributed by atoms with E-state index >= 15 is 0 Å². The molecule has 0 unspecified atom stereocenters. The highest BCUT2D eigenvalue weighted by Gasteiger charge is 2.30. The molecular weight excluding hydrogens is 318 g/mol. The smallest absolute Gasteiger partial charge is 0.243 e. The lowest BCUT2D eigenvalue weighted by atomic mass is 10.2. The zero-order valence-corrected chi connectivity index (χ0v) is 13.8. The van der Waals surface area contributed by atoms with Crippen molar-refractivity contribution in [2.24, 2.45) is 0 Å². The number of nitrogens with zero attached hydrogens (tertiary/aromatic N) is 3. The topological polar surface area (TPSA) is 83.7 Å². The van der Waals surface area contributed by atoms with Gasteiger partial charge in [0.25, 0.3) is 0 Å². The summed E-state index contributed by atoms with van der Waals surface area (Å²) in [6, 6.07) is 4.66. The normalized spacial score (nSPS) is 16.8. The predicted molar refractivity (Wildman–Crippen MR) is 84.3 cm³/mol. The Balaban J connectivity index is 1.75. The molecule has 0 spiro atoms. The van der Waals surface area contributed by atoms with Crippen molar-refractivity contribution in [1.29, 1.82) is 0 Å². The summed E-state index contributed by atoms with van der Waals surface area (Å²) in [5.41, 5.74) is 1.07. The van der Waals surface area contributed by atoms with E-state index in [-0.39, 0.29) is 10.8 Å². The molecule has 1 amide bonds. The predicted octanol–water partition coefficient (Wildman–Crippen LogP) is 1.46. The van der Waals surface area contributed by atoms with E-state index in [4.69, 9.17) is 4.42 Å². The van der Waals surface area contributed by atoms with Gasteiger partial charge in [-0.15, -0.1) is 0 Å². The molecule has 1 aromatic carbocycles. The molecule has 3 rings (SSSR count). The van der Waals surface area contributed by atoms with Crippen LogP contribution in [-0.4, -0.2) is 54.7 Å². The molecule has 0 saturated carbocycles. The Bertz CT molecular complexity index is 807. The minimum absolute atomic E-state index is 0.0904. The average Bonchev–Trinajstić information content (AvgIpc) is 3.03. The van der Waals surface area contributed by atoms with Crippen LogP contribution in [0.15, 0.2) is 33.9 Å². The lowest BCUT2D eigenvalue weighted by molar-refractivity contribution is -0.132. The average molecular weight is 337 g/mol. The lowest BCUT2D eigenvalue weighted by Gasteiger charge is -2.34. The number of benzene rings is 1. The van der Waals surface area contributed by atoms with Gasteiger partial charge in [0.15, 0.2) is 12.0 Å². The summed E-state index contributed by atoms with van der Waals surface area (Å²) in [4.78, 5) is 17.8. The molecule has 8 heteroatoms. The molecule has 1 fully saturated rings. The lowest BCUT2D eigenvalue weighted by Crippen LogP contribution is -2.50. The van der Waals surface area contributed by atoms with Gasteiger partial charge in [-0.25, -0.2) is 13.4 Å². The largest absolute Gasteiger partial charge is 0.443 e. The van der Waals surface area contributed by atoms with Gasteiger partial charge in [0.05, 0.1) is 4.90 Å². The summed E-state index contributed by atoms with van der Waals surface area (Å²) in [5, 5.41) is 0. The molecule has 1 aromatic heterocycles. The number of carbonyl (C=O) groups excluding carboxylic acids is 1. The van der Waals surface area contributed by atoms with Crippen LogP contribution in [-0.2, 0) is 14.8 Å². The van der Waals surface area contributed by atoms with Gasteiger partial charge in [-0.2, -0.15) is 4.31 Å². The van der Waals surface area contributed by atoms with Crippen molar-refractivity contribution < 1.29 is 17.6 Å². The van der Waals surface area contributed by atoms with Crippen molar-refractivity contribution in [3.05, 3.63) is 24.6 Å². The second kappa shape index (κ2) is 6.29. The minimum atomic E-state index is -3.59. The molecule has 124 valence electrons. The summed E-state index contributed by atoms with van der Waals surface area (Å²) in [6.07, 6.45) is 2.60. The van der Waals surface area contributed by atoms with Crippen molar-refractivity contribution in [3.8, 4) is 0 Å². The summed E-state index contributed by atoms with van der Waals surface area (Å²) in [5.74, 6) is 0.0904. The molecule has 0 aliphatic carbocycles. The summed E-state index contributed by atoms with van der Waals surface area (Å²) in [7, 11) is -3.59. The fourth-order valence-corrected chi connectivity index (χ4v) is 4.13. The fourth-order valence-electron chi connectivity index (χ4n) is 2.69. The second-order valence-corrected chi connectivity index (χ2v) is 7.45. The van der Waals surface area contributed by atoms with Crippen LogP contribution in [0, 0.1) is 0 Å². The Kier molecular flexibility index (Phi) is 4.36. The van der Waals surface area contributed by atoms with Crippen molar-refractivity contribution >= 4 is 27.0 Å². The maximum absolute atomic E-state index is 12.7. The Morgan fingerprint density at radius 3 is 2.70 bits per heavy atom. The highest BCUT2D eigenvalue weighted by molar-refractivity contribution is 7.89. The molecule has 0 N–H and O–H groups in total. The first-order chi connectivity index (χ1) is 11.0. The molecule has 0 radical (unpaired) electrons. The van der Waals surface area contributed by atoms with E-state index < -0.39 is 10.0 Å². The van der Waals surface area contributed by atoms with Crippen molar-refractivity contribution in [1.82, 2.24) is 14.2 Å². The van der Waals surface area contributed by atoms with Crippen LogP contribution in [0.3, 0.4) is 0 Å². The zero-order chi connectivity index (χ0) is 16.4. The Morgan fingerprint density at radius 2 is 2.00 bits per heavy atom. The van der Waals surface area contributed by atoms with Crippen molar-refractivity contribution in [3.63, 3.8) is 0 Å². The standard InChI is InChI=1S/C15H19N3O4S/c1-2-3-15(19)17-6-8-18(9-7-17)23(20,21)12-4-5-13-14(10-12)22-11-16-13/h4-5,10-11H,2-3,6-9H2,1H3. The molecule has 23 heavy (non-hydrogen) atoms. The molecule has 2 heterocycles. The third-order valence-corrected chi connectivity index (χ3v) is 5.89. The highest BCUT2D eigenvalue weighted by Crippen LogP contribution is 2.22. The van der Waals surface area contributed by atoms with Gasteiger partial charge in [0, 0.05) is 38.7 Å². The third kappa shape index (κ3) is 3.09. The summed E-state index contributed by atoms with van der Waals surface area (Å²) < 4.78 is 32.0. The number of fused-ring (bicyclic) bond motifs is 1. The Labute approximate surface area is 134 Å². The van der Waals surface area contributed by atoms with Crippen LogP contribution in [0.4, 0.5) is 0 Å². The van der Waals surface area contributed by atoms with E-state index in [1.807, 2.05) is 6.92 Å². The van der Waals surface area contributed by atoms with Crippen LogP contribution in [0.2, 0.25) is 0 Å². The molecule has 0 bridgehead atoms. The number of piperazine rings is 1. The second-order valence-electron chi connectivity index (χ2n) is 5.52. The van der Waals surface area contributed by atoms with E-state index in [2.05, 4.69) is 4.98 Å². The number of hydrogen-bond acceptors (Lipinski definition) is 5. The van der Waals surface area contributed by atoms with Crippen LogP contribution in [0.1, 0.15) is 19.8 Å². The summed E-state index contributed by atoms with van der Waals surface area (Å²) >= 11 is 0. The quantitative estimate of drug-likeness (QED) is 0.843. The maximum Gasteiger partial charge on any atom is 0.243 e. The van der Waals surface area contributed by atoms with E-state index in [1.165, 1.54) is 22.8 Å². The van der Waals surface area contributed by atoms with Gasteiger partial charge in [0.2, 0.25) is 15.9 Å². The number of oxazole rings is 1. The van der Waals surface area contributed by atoms with Crippen LogP contribution in [0.5, 0.6) is 0 Å². The van der Waals surface area contributed by atoms with Gasteiger partial charge >= 0.3 is 0 Å². The molecular formula is C15H19N3O4S. The molecule has 0 atom stereocenters. The van der Waals surface area contributed by atoms with Gasteiger partial charge in [0.1, 0.15) is 5.52 Å². The van der Waals surface area contributed by atoms with Crippen LogP contribution in [0.25, 0.3) is 11.1 Å². The summed E-state index contributed by atoms with van der Waals surface area (Å²) in [6.45, 7) is 3.45. The first-order valence-electron chi connectivity index (χ1n) is 7.63. The van der Waals surface area contributed by atoms with Crippen LogP contribution < -0.4 is 0 Å². The number of carbonyl (C=O) groups is 1. The van der Waals surface area contributed by atoms with Crippen molar-refractivity contribution in [2.75, 3.05) is 26.2 Å². The van der Waals surface area contributed by atoms with E-state index in [0.717, 1.165) is 6.42 Å². The zero-order valence-electron chi connectivity index (χ0n) is 12.9.